The van der Waals surface area contributed by atoms with Crippen LogP contribution in [0, 0.1) is 44.1 Å². The van der Waals surface area contributed by atoms with Crippen LogP contribution in [0.1, 0.15) is 162 Å². The molecule has 4 unspecified atom stereocenters. The van der Waals surface area contributed by atoms with Crippen molar-refractivity contribution < 1.29 is 43.9 Å². The molecular weight excluding hydrogens is 800 g/mol. The lowest BCUT2D eigenvalue weighted by molar-refractivity contribution is 0.104. The van der Waals surface area contributed by atoms with Crippen molar-refractivity contribution in [3.05, 3.63) is 11.6 Å². The zero-order valence-electron chi connectivity index (χ0n) is 38.2. The van der Waals surface area contributed by atoms with Gasteiger partial charge in [-0.2, -0.15) is 8.78 Å². The minimum Gasteiger partial charge on any atom is -0.489 e. The van der Waals surface area contributed by atoms with Crippen LogP contribution in [0.25, 0.3) is 0 Å². The topological polar surface area (TPSA) is 93.2 Å². The smallest absolute Gasteiger partial charge is 0.370 e. The molecule has 0 heterocycles. The fraction of sp³-hybridized carbons (Fsp3) is 0.857. The van der Waals surface area contributed by atoms with Gasteiger partial charge in [0.25, 0.3) is 20.0 Å². The van der Waals surface area contributed by atoms with Crippen molar-refractivity contribution >= 4 is 35.0 Å². The Morgan fingerprint density at radius 1 is 0.614 bits per heavy atom. The van der Waals surface area contributed by atoms with Crippen molar-refractivity contribution in [3.8, 4) is 11.5 Å². The summed E-state index contributed by atoms with van der Waals surface area (Å²) in [5.41, 5.74) is -1.76. The standard InChI is InChI=1S/C42H77F4N2O6PS2/c1-18-39(14,24-23-36(6,7)8)27-41(16,20-3)29-48(28-38(12,13)26-40(15,19-2)25-37(9,10)11)32-30(43)33(53-21-4)35(34(31(32)44)54-22-5)56(49,50)47(17)57(51,52)42(45,46)55/h18-29,55H2,1-17H3. The lowest BCUT2D eigenvalue weighted by Crippen LogP contribution is -2.45. The number of rotatable bonds is 23. The maximum Gasteiger partial charge on any atom is 0.370 e. The third-order valence-corrected chi connectivity index (χ3v) is 16.3. The van der Waals surface area contributed by atoms with E-state index in [1.54, 1.807) is 4.90 Å². The van der Waals surface area contributed by atoms with Gasteiger partial charge in [-0.1, -0.05) is 113 Å². The predicted octanol–water partition coefficient (Wildman–Crippen LogP) is 12.3. The van der Waals surface area contributed by atoms with Crippen LogP contribution < -0.4 is 14.4 Å². The van der Waals surface area contributed by atoms with Crippen LogP contribution in [-0.2, 0) is 20.0 Å². The van der Waals surface area contributed by atoms with Crippen molar-refractivity contribution in [2.45, 2.75) is 172 Å². The van der Waals surface area contributed by atoms with Crippen molar-refractivity contribution in [1.29, 1.82) is 0 Å². The number of nitrogens with zero attached hydrogens (tertiary/aromatic N) is 2. The first-order valence-electron chi connectivity index (χ1n) is 20.4. The van der Waals surface area contributed by atoms with Crippen LogP contribution in [-0.4, -0.2) is 58.9 Å². The van der Waals surface area contributed by atoms with Gasteiger partial charge in [0, 0.05) is 20.1 Å². The second kappa shape index (κ2) is 19.1. The van der Waals surface area contributed by atoms with E-state index in [1.165, 1.54) is 13.8 Å². The van der Waals surface area contributed by atoms with Crippen molar-refractivity contribution in [3.63, 3.8) is 0 Å². The van der Waals surface area contributed by atoms with Crippen LogP contribution in [0.3, 0.4) is 0 Å². The highest BCUT2D eigenvalue weighted by molar-refractivity contribution is 8.06. The minimum absolute atomic E-state index is 0.0123. The number of hydrogen-bond donors (Lipinski definition) is 0. The van der Waals surface area contributed by atoms with E-state index in [4.69, 9.17) is 9.47 Å². The summed E-state index contributed by atoms with van der Waals surface area (Å²) in [5, 5.41) is 0. The predicted molar refractivity (Wildman–Crippen MR) is 230 cm³/mol. The Morgan fingerprint density at radius 3 is 1.40 bits per heavy atom. The van der Waals surface area contributed by atoms with Gasteiger partial charge in [0.15, 0.2) is 28.0 Å². The number of benzene rings is 1. The van der Waals surface area contributed by atoms with Crippen LogP contribution in [0.2, 0.25) is 0 Å². The molecule has 15 heteroatoms. The Kier molecular flexibility index (Phi) is 18.0. The number of ether oxygens (including phenoxy) is 2. The van der Waals surface area contributed by atoms with E-state index in [-0.39, 0.29) is 48.0 Å². The molecule has 0 radical (unpaired) electrons. The third-order valence-electron chi connectivity index (χ3n) is 11.3. The van der Waals surface area contributed by atoms with Gasteiger partial charge in [-0.15, -0.1) is 0 Å². The van der Waals surface area contributed by atoms with Gasteiger partial charge in [0.2, 0.25) is 0 Å². The molecule has 0 N–H and O–H groups in total. The summed E-state index contributed by atoms with van der Waals surface area (Å²) in [6, 6.07) is 0. The van der Waals surface area contributed by atoms with E-state index in [0.717, 1.165) is 47.8 Å². The summed E-state index contributed by atoms with van der Waals surface area (Å²) in [5.74, 6) is -4.81. The van der Waals surface area contributed by atoms with Gasteiger partial charge in [-0.05, 0) is 94.1 Å². The highest BCUT2D eigenvalue weighted by Crippen LogP contribution is 2.51. The maximum absolute atomic E-state index is 17.5. The second-order valence-electron chi connectivity index (χ2n) is 20.4. The maximum atomic E-state index is 17.5. The molecule has 0 saturated carbocycles. The van der Waals surface area contributed by atoms with Crippen LogP contribution in [0.5, 0.6) is 11.5 Å². The second-order valence-corrected chi connectivity index (χ2v) is 25.8. The molecule has 0 amide bonds. The molecule has 0 spiro atoms. The molecule has 336 valence electrons. The molecule has 0 aliphatic carbocycles. The van der Waals surface area contributed by atoms with Crippen LogP contribution in [0.4, 0.5) is 23.2 Å². The summed E-state index contributed by atoms with van der Waals surface area (Å²) in [7, 11) is -10.4. The lowest BCUT2D eigenvalue weighted by Gasteiger charge is -2.47. The van der Waals surface area contributed by atoms with Crippen molar-refractivity contribution in [2.75, 3.05) is 38.3 Å². The zero-order chi connectivity index (χ0) is 45.0. The summed E-state index contributed by atoms with van der Waals surface area (Å²) in [6.07, 6.45) is 6.67. The van der Waals surface area contributed by atoms with E-state index >= 15 is 8.78 Å². The Morgan fingerprint density at radius 2 is 1.05 bits per heavy atom. The molecule has 0 aliphatic heterocycles. The molecule has 0 saturated heterocycles. The molecule has 1 aromatic carbocycles. The lowest BCUT2D eigenvalue weighted by atomic mass is 9.65. The van der Waals surface area contributed by atoms with E-state index in [0.29, 0.717) is 19.9 Å². The van der Waals surface area contributed by atoms with Gasteiger partial charge >= 0.3 is 5.00 Å². The number of halogens is 4. The fourth-order valence-corrected chi connectivity index (χ4v) is 12.1. The first-order valence-corrected chi connectivity index (χ1v) is 23.9. The van der Waals surface area contributed by atoms with E-state index < -0.39 is 73.3 Å². The molecule has 1 rings (SSSR count). The van der Waals surface area contributed by atoms with E-state index in [9.17, 15) is 25.6 Å². The van der Waals surface area contributed by atoms with E-state index in [1.807, 2.05) is 0 Å². The highest BCUT2D eigenvalue weighted by atomic mass is 32.3. The Bertz CT molecular complexity index is 1690. The zero-order valence-corrected chi connectivity index (χ0v) is 41.0. The normalized spacial score (nSPS) is 16.9. The van der Waals surface area contributed by atoms with Crippen LogP contribution in [0.15, 0.2) is 4.90 Å². The quantitative estimate of drug-likeness (QED) is 0.0798. The largest absolute Gasteiger partial charge is 0.489 e. The van der Waals surface area contributed by atoms with Crippen molar-refractivity contribution in [1.82, 2.24) is 3.71 Å². The molecular formula is C42H77F4N2O6PS2. The number of sulfonamides is 2. The molecule has 8 nitrogen and oxygen atoms in total. The van der Waals surface area contributed by atoms with Gasteiger partial charge in [-0.25, -0.2) is 25.6 Å². The van der Waals surface area contributed by atoms with Gasteiger partial charge in [0.05, 0.1) is 13.2 Å². The molecule has 0 aromatic heterocycles. The summed E-state index contributed by atoms with van der Waals surface area (Å²) < 4.78 is 128. The average Bonchev–Trinajstić information content (AvgIpc) is 3.03. The molecule has 4 atom stereocenters. The number of alkyl halides is 2. The fourth-order valence-electron chi connectivity index (χ4n) is 8.49. The summed E-state index contributed by atoms with van der Waals surface area (Å²) >= 11 is 0. The molecule has 0 fully saturated rings. The summed E-state index contributed by atoms with van der Waals surface area (Å²) in [6.45, 7) is 32.8. The first-order chi connectivity index (χ1) is 25.4. The highest BCUT2D eigenvalue weighted by Gasteiger charge is 2.51. The van der Waals surface area contributed by atoms with Gasteiger partial charge < -0.3 is 14.4 Å². The average molecular weight is 877 g/mol. The number of hydrogen-bond acceptors (Lipinski definition) is 7. The monoisotopic (exact) mass is 876 g/mol. The van der Waals surface area contributed by atoms with Gasteiger partial charge in [-0.3, -0.25) is 0 Å². The third kappa shape index (κ3) is 14.1. The van der Waals surface area contributed by atoms with Crippen LogP contribution >= 0.6 is 9.24 Å². The number of anilines is 1. The Labute approximate surface area is 347 Å². The first kappa shape index (κ1) is 53.6. The Balaban J connectivity index is 4.40. The molecule has 0 bridgehead atoms. The van der Waals surface area contributed by atoms with Gasteiger partial charge in [0.1, 0.15) is 5.69 Å². The van der Waals surface area contributed by atoms with E-state index in [2.05, 4.69) is 96.9 Å². The van der Waals surface area contributed by atoms with Crippen molar-refractivity contribution in [2.24, 2.45) is 32.5 Å². The molecule has 0 aliphatic rings. The summed E-state index contributed by atoms with van der Waals surface area (Å²) in [4.78, 5) is -4.32. The molecule has 1 aromatic rings. The molecule has 57 heavy (non-hydrogen) atoms. The minimum atomic E-state index is -5.91. The SMILES string of the molecule is CCOc1c(F)c(N(CC(C)(C)CC(C)(CC)CC(C)(C)C)CC(C)(CC)CC(C)(CC)CCC(C)(C)C)c(F)c(OCC)c1S(=O)(=O)N(C)S(=O)(=O)C(F)(F)P. The Hall–Kier alpha value is -1.37.